The van der Waals surface area contributed by atoms with Crippen molar-refractivity contribution >= 4 is 10.0 Å². The number of aliphatic hydroxyl groups excluding tert-OH is 1. The maximum atomic E-state index is 11.6. The van der Waals surface area contributed by atoms with Gasteiger partial charge in [0.1, 0.15) is 11.9 Å². The zero-order valence-electron chi connectivity index (χ0n) is 12.7. The summed E-state index contributed by atoms with van der Waals surface area (Å²) < 4.78 is 30.5. The summed E-state index contributed by atoms with van der Waals surface area (Å²) in [6.07, 6.45) is 1.05. The van der Waals surface area contributed by atoms with Crippen LogP contribution in [0.1, 0.15) is 24.0 Å². The molecule has 0 aromatic heterocycles. The molecular formula is C15H23NO4S. The third kappa shape index (κ3) is 4.18. The summed E-state index contributed by atoms with van der Waals surface area (Å²) in [6, 6.07) is 5.81. The first-order chi connectivity index (χ1) is 9.77. The Balaban J connectivity index is 2.07. The number of hydrogen-bond acceptors (Lipinski definition) is 4. The van der Waals surface area contributed by atoms with Crippen molar-refractivity contribution in [3.8, 4) is 5.75 Å². The van der Waals surface area contributed by atoms with E-state index in [1.165, 1.54) is 16.1 Å². The topological polar surface area (TPSA) is 66.8 Å². The lowest BCUT2D eigenvalue weighted by atomic mass is 10.1. The zero-order valence-corrected chi connectivity index (χ0v) is 13.6. The first kappa shape index (κ1) is 16.3. The SMILES string of the molecule is Cc1ccc(OC2CCN(S(C)(=O)=O)CCC2O)cc1C. The Labute approximate surface area is 126 Å². The normalized spacial score (nSPS) is 24.6. The van der Waals surface area contributed by atoms with E-state index < -0.39 is 16.1 Å². The van der Waals surface area contributed by atoms with Crippen molar-refractivity contribution in [2.45, 2.75) is 38.9 Å². The van der Waals surface area contributed by atoms with E-state index in [0.29, 0.717) is 25.9 Å². The molecule has 5 nitrogen and oxygen atoms in total. The van der Waals surface area contributed by atoms with E-state index in [1.54, 1.807) is 0 Å². The quantitative estimate of drug-likeness (QED) is 0.917. The molecule has 2 unspecified atom stereocenters. The van der Waals surface area contributed by atoms with Gasteiger partial charge in [-0.05, 0) is 43.5 Å². The lowest BCUT2D eigenvalue weighted by Crippen LogP contribution is -2.32. The van der Waals surface area contributed by atoms with E-state index in [4.69, 9.17) is 4.74 Å². The Morgan fingerprint density at radius 3 is 2.48 bits per heavy atom. The molecule has 2 atom stereocenters. The van der Waals surface area contributed by atoms with Crippen LogP contribution < -0.4 is 4.74 Å². The number of rotatable bonds is 3. The average Bonchev–Trinajstić information content (AvgIpc) is 2.57. The van der Waals surface area contributed by atoms with Crippen LogP contribution in [-0.4, -0.2) is 49.4 Å². The second-order valence-electron chi connectivity index (χ2n) is 5.71. The van der Waals surface area contributed by atoms with E-state index in [9.17, 15) is 13.5 Å². The molecule has 0 aliphatic carbocycles. The van der Waals surface area contributed by atoms with Gasteiger partial charge in [0, 0.05) is 19.5 Å². The van der Waals surface area contributed by atoms with Crippen LogP contribution >= 0.6 is 0 Å². The second kappa shape index (κ2) is 6.34. The molecule has 1 aromatic rings. The number of aryl methyl sites for hydroxylation is 2. The summed E-state index contributed by atoms with van der Waals surface area (Å²) in [4.78, 5) is 0. The van der Waals surface area contributed by atoms with Gasteiger partial charge in [0.2, 0.25) is 10.0 Å². The molecule has 1 aliphatic heterocycles. The van der Waals surface area contributed by atoms with Crippen LogP contribution in [0.3, 0.4) is 0 Å². The predicted molar refractivity (Wildman–Crippen MR) is 82.0 cm³/mol. The molecule has 1 aromatic carbocycles. The van der Waals surface area contributed by atoms with E-state index >= 15 is 0 Å². The van der Waals surface area contributed by atoms with E-state index in [1.807, 2.05) is 32.0 Å². The molecule has 0 saturated carbocycles. The van der Waals surface area contributed by atoms with Crippen molar-refractivity contribution in [1.29, 1.82) is 0 Å². The number of sulfonamides is 1. The second-order valence-corrected chi connectivity index (χ2v) is 7.69. The fourth-order valence-electron chi connectivity index (χ4n) is 2.47. The molecule has 0 amide bonds. The highest BCUT2D eigenvalue weighted by Crippen LogP contribution is 2.22. The van der Waals surface area contributed by atoms with Crippen LogP contribution in [0.2, 0.25) is 0 Å². The Bertz CT molecular complexity index is 600. The molecular weight excluding hydrogens is 290 g/mol. The standard InChI is InChI=1S/C15H23NO4S/c1-11-4-5-13(10-12(11)2)20-15-7-9-16(21(3,18)19)8-6-14(15)17/h4-5,10,14-15,17H,6-9H2,1-3H3. The minimum atomic E-state index is -3.21. The Morgan fingerprint density at radius 2 is 1.86 bits per heavy atom. The third-order valence-electron chi connectivity index (χ3n) is 4.00. The fourth-order valence-corrected chi connectivity index (χ4v) is 3.34. The first-order valence-electron chi connectivity index (χ1n) is 7.14. The van der Waals surface area contributed by atoms with Crippen LogP contribution in [0.5, 0.6) is 5.75 Å². The number of aliphatic hydroxyl groups is 1. The summed E-state index contributed by atoms with van der Waals surface area (Å²) in [5.74, 6) is 0.718. The summed E-state index contributed by atoms with van der Waals surface area (Å²) in [5.41, 5.74) is 2.32. The molecule has 1 N–H and O–H groups in total. The van der Waals surface area contributed by atoms with E-state index in [0.717, 1.165) is 11.3 Å². The van der Waals surface area contributed by atoms with Gasteiger partial charge in [-0.2, -0.15) is 0 Å². The van der Waals surface area contributed by atoms with Crippen molar-refractivity contribution in [2.75, 3.05) is 19.3 Å². The largest absolute Gasteiger partial charge is 0.488 e. The maximum absolute atomic E-state index is 11.6. The van der Waals surface area contributed by atoms with Gasteiger partial charge in [-0.15, -0.1) is 0 Å². The zero-order chi connectivity index (χ0) is 15.6. The molecule has 0 spiro atoms. The van der Waals surface area contributed by atoms with Crippen LogP contribution in [0.15, 0.2) is 18.2 Å². The number of hydrogen-bond donors (Lipinski definition) is 1. The van der Waals surface area contributed by atoms with Gasteiger partial charge < -0.3 is 9.84 Å². The number of nitrogens with zero attached hydrogens (tertiary/aromatic N) is 1. The minimum Gasteiger partial charge on any atom is -0.488 e. The molecule has 2 rings (SSSR count). The fraction of sp³-hybridized carbons (Fsp3) is 0.600. The Hall–Kier alpha value is -1.11. The van der Waals surface area contributed by atoms with Gasteiger partial charge in [0.05, 0.1) is 12.4 Å². The summed E-state index contributed by atoms with van der Waals surface area (Å²) in [5, 5.41) is 10.2. The predicted octanol–water partition coefficient (Wildman–Crippen LogP) is 1.47. The molecule has 0 radical (unpaired) electrons. The molecule has 1 aliphatic rings. The number of ether oxygens (including phenoxy) is 1. The number of benzene rings is 1. The van der Waals surface area contributed by atoms with Gasteiger partial charge in [-0.1, -0.05) is 6.07 Å². The highest BCUT2D eigenvalue weighted by Gasteiger charge is 2.29. The average molecular weight is 313 g/mol. The van der Waals surface area contributed by atoms with Crippen molar-refractivity contribution in [1.82, 2.24) is 4.31 Å². The van der Waals surface area contributed by atoms with E-state index in [2.05, 4.69) is 0 Å². The van der Waals surface area contributed by atoms with Gasteiger partial charge in [0.15, 0.2) is 0 Å². The Morgan fingerprint density at radius 1 is 1.19 bits per heavy atom. The first-order valence-corrected chi connectivity index (χ1v) is 8.99. The smallest absolute Gasteiger partial charge is 0.211 e. The minimum absolute atomic E-state index is 0.340. The van der Waals surface area contributed by atoms with Crippen LogP contribution in [0, 0.1) is 13.8 Å². The molecule has 21 heavy (non-hydrogen) atoms. The highest BCUT2D eigenvalue weighted by atomic mass is 32.2. The Kier molecular flexibility index (Phi) is 4.91. The van der Waals surface area contributed by atoms with Crippen molar-refractivity contribution < 1.29 is 18.3 Å². The highest BCUT2D eigenvalue weighted by molar-refractivity contribution is 7.88. The van der Waals surface area contributed by atoms with Gasteiger partial charge in [-0.3, -0.25) is 0 Å². The van der Waals surface area contributed by atoms with Crippen molar-refractivity contribution in [3.05, 3.63) is 29.3 Å². The summed E-state index contributed by atoms with van der Waals surface area (Å²) in [6.45, 7) is 4.76. The molecule has 1 saturated heterocycles. The third-order valence-corrected chi connectivity index (χ3v) is 5.30. The monoisotopic (exact) mass is 313 g/mol. The summed E-state index contributed by atoms with van der Waals surface area (Å²) in [7, 11) is -3.21. The molecule has 0 bridgehead atoms. The van der Waals surface area contributed by atoms with E-state index in [-0.39, 0.29) is 6.10 Å². The van der Waals surface area contributed by atoms with Crippen LogP contribution in [0.4, 0.5) is 0 Å². The van der Waals surface area contributed by atoms with Gasteiger partial charge in [0.25, 0.3) is 0 Å². The molecule has 118 valence electrons. The lowest BCUT2D eigenvalue weighted by Gasteiger charge is -2.22. The van der Waals surface area contributed by atoms with Gasteiger partial charge in [-0.25, -0.2) is 12.7 Å². The summed E-state index contributed by atoms with van der Waals surface area (Å²) >= 11 is 0. The molecule has 1 fully saturated rings. The molecule has 1 heterocycles. The van der Waals surface area contributed by atoms with Gasteiger partial charge >= 0.3 is 0 Å². The molecule has 6 heteroatoms. The van der Waals surface area contributed by atoms with Crippen LogP contribution in [0.25, 0.3) is 0 Å². The maximum Gasteiger partial charge on any atom is 0.211 e. The van der Waals surface area contributed by atoms with Crippen LogP contribution in [-0.2, 0) is 10.0 Å². The van der Waals surface area contributed by atoms with Crippen molar-refractivity contribution in [2.24, 2.45) is 0 Å². The van der Waals surface area contributed by atoms with Crippen molar-refractivity contribution in [3.63, 3.8) is 0 Å². The lowest BCUT2D eigenvalue weighted by molar-refractivity contribution is 0.0350.